The van der Waals surface area contributed by atoms with E-state index in [1.54, 1.807) is 13.0 Å². The third-order valence-electron chi connectivity index (χ3n) is 4.17. The predicted octanol–water partition coefficient (Wildman–Crippen LogP) is 1.92. The van der Waals surface area contributed by atoms with Crippen molar-refractivity contribution in [1.82, 2.24) is 4.72 Å². The van der Waals surface area contributed by atoms with E-state index in [0.717, 1.165) is 19.3 Å². The van der Waals surface area contributed by atoms with Gasteiger partial charge in [0.2, 0.25) is 10.0 Å². The van der Waals surface area contributed by atoms with Crippen LogP contribution in [0.4, 0.5) is 5.69 Å². The Morgan fingerprint density at radius 1 is 1.38 bits per heavy atom. The number of anilines is 1. The molecule has 1 aromatic rings. The molecule has 118 valence electrons. The Morgan fingerprint density at radius 3 is 2.71 bits per heavy atom. The summed E-state index contributed by atoms with van der Waals surface area (Å²) in [5.41, 5.74) is 6.50. The standard InChI is InChI=1S/C14H21ClN2O3S/c1-9-5-12(15)13(16)6-14(9)21(19,20)17-7-10-3-2-4-11(10)8-18/h5-6,10-11,17-18H,2-4,7-8,16H2,1H3. The zero-order valence-corrected chi connectivity index (χ0v) is 13.5. The summed E-state index contributed by atoms with van der Waals surface area (Å²) in [6.07, 6.45) is 2.93. The van der Waals surface area contributed by atoms with Crippen LogP contribution in [0.5, 0.6) is 0 Å². The van der Waals surface area contributed by atoms with Crippen LogP contribution >= 0.6 is 11.6 Å². The highest BCUT2D eigenvalue weighted by Crippen LogP contribution is 2.31. The molecule has 2 rings (SSSR count). The number of rotatable bonds is 5. The van der Waals surface area contributed by atoms with Gasteiger partial charge in [0.25, 0.3) is 0 Å². The van der Waals surface area contributed by atoms with Crippen molar-refractivity contribution >= 4 is 27.3 Å². The highest BCUT2D eigenvalue weighted by atomic mass is 35.5. The first-order chi connectivity index (χ1) is 9.85. The van der Waals surface area contributed by atoms with Crippen molar-refractivity contribution in [3.05, 3.63) is 22.7 Å². The largest absolute Gasteiger partial charge is 0.397 e. The van der Waals surface area contributed by atoms with Gasteiger partial charge in [0.15, 0.2) is 0 Å². The van der Waals surface area contributed by atoms with Crippen LogP contribution < -0.4 is 10.5 Å². The number of hydrogen-bond acceptors (Lipinski definition) is 4. The first-order valence-corrected chi connectivity index (χ1v) is 8.87. The molecular formula is C14H21ClN2O3S. The first-order valence-electron chi connectivity index (χ1n) is 7.01. The quantitative estimate of drug-likeness (QED) is 0.718. The molecule has 0 amide bonds. The van der Waals surface area contributed by atoms with Crippen molar-refractivity contribution in [2.75, 3.05) is 18.9 Å². The second-order valence-corrected chi connectivity index (χ2v) is 7.77. The average Bonchev–Trinajstić information content (AvgIpc) is 2.88. The molecule has 4 N–H and O–H groups in total. The average molecular weight is 333 g/mol. The Labute approximate surface area is 130 Å². The third-order valence-corrected chi connectivity index (χ3v) is 6.06. The molecule has 7 heteroatoms. The zero-order chi connectivity index (χ0) is 15.6. The number of halogens is 1. The number of aliphatic hydroxyl groups is 1. The van der Waals surface area contributed by atoms with Gasteiger partial charge in [-0.1, -0.05) is 18.0 Å². The number of sulfonamides is 1. The van der Waals surface area contributed by atoms with Crippen molar-refractivity contribution < 1.29 is 13.5 Å². The highest BCUT2D eigenvalue weighted by molar-refractivity contribution is 7.89. The van der Waals surface area contributed by atoms with Gasteiger partial charge < -0.3 is 10.8 Å². The molecule has 0 spiro atoms. The van der Waals surface area contributed by atoms with Crippen molar-refractivity contribution in [2.45, 2.75) is 31.1 Å². The van der Waals surface area contributed by atoms with E-state index in [1.807, 2.05) is 0 Å². The molecule has 0 bridgehead atoms. The van der Waals surface area contributed by atoms with Crippen molar-refractivity contribution in [2.24, 2.45) is 11.8 Å². The Hall–Kier alpha value is -0.820. The van der Waals surface area contributed by atoms with Crippen LogP contribution in [0.2, 0.25) is 5.02 Å². The molecule has 0 radical (unpaired) electrons. The lowest BCUT2D eigenvalue weighted by Gasteiger charge is -2.18. The maximum atomic E-state index is 12.4. The normalized spacial score (nSPS) is 22.6. The third kappa shape index (κ3) is 3.69. The number of nitrogens with one attached hydrogen (secondary N) is 1. The van der Waals surface area contributed by atoms with Crippen LogP contribution in [0.25, 0.3) is 0 Å². The summed E-state index contributed by atoms with van der Waals surface area (Å²) in [6.45, 7) is 2.14. The summed E-state index contributed by atoms with van der Waals surface area (Å²) in [7, 11) is -3.62. The Balaban J connectivity index is 2.14. The molecule has 0 aliphatic heterocycles. The second kappa shape index (κ2) is 6.52. The lowest BCUT2D eigenvalue weighted by Crippen LogP contribution is -2.32. The number of hydrogen-bond donors (Lipinski definition) is 3. The molecule has 21 heavy (non-hydrogen) atoms. The molecule has 0 saturated heterocycles. The van der Waals surface area contributed by atoms with Gasteiger partial charge in [-0.05, 0) is 49.3 Å². The van der Waals surface area contributed by atoms with Crippen LogP contribution in [-0.2, 0) is 10.0 Å². The molecule has 5 nitrogen and oxygen atoms in total. The van der Waals surface area contributed by atoms with Crippen LogP contribution in [0.3, 0.4) is 0 Å². The summed E-state index contributed by atoms with van der Waals surface area (Å²) in [5.74, 6) is 0.374. The number of aryl methyl sites for hydroxylation is 1. The van der Waals surface area contributed by atoms with Crippen LogP contribution in [0, 0.1) is 18.8 Å². The summed E-state index contributed by atoms with van der Waals surface area (Å²) in [6, 6.07) is 2.94. The lowest BCUT2D eigenvalue weighted by molar-refractivity contribution is 0.195. The molecule has 2 unspecified atom stereocenters. The molecule has 0 heterocycles. The van der Waals surface area contributed by atoms with Gasteiger partial charge in [-0.15, -0.1) is 0 Å². The molecule has 1 saturated carbocycles. The smallest absolute Gasteiger partial charge is 0.240 e. The molecule has 2 atom stereocenters. The van der Waals surface area contributed by atoms with Crippen molar-refractivity contribution in [3.63, 3.8) is 0 Å². The van der Waals surface area contributed by atoms with E-state index in [0.29, 0.717) is 17.1 Å². The SMILES string of the molecule is Cc1cc(Cl)c(N)cc1S(=O)(=O)NCC1CCCC1CO. The zero-order valence-electron chi connectivity index (χ0n) is 12.0. The topological polar surface area (TPSA) is 92.4 Å². The van der Waals surface area contributed by atoms with Crippen LogP contribution in [0.15, 0.2) is 17.0 Å². The minimum absolute atomic E-state index is 0.110. The summed E-state index contributed by atoms with van der Waals surface area (Å²) in [4.78, 5) is 0.156. The fraction of sp³-hybridized carbons (Fsp3) is 0.571. The fourth-order valence-electron chi connectivity index (χ4n) is 2.88. The Kier molecular flexibility index (Phi) is 5.14. The van der Waals surface area contributed by atoms with Gasteiger partial charge >= 0.3 is 0 Å². The first kappa shape index (κ1) is 16.5. The van der Waals surface area contributed by atoms with E-state index in [1.165, 1.54) is 6.07 Å². The fourth-order valence-corrected chi connectivity index (χ4v) is 4.45. The maximum absolute atomic E-state index is 12.4. The molecule has 1 fully saturated rings. The van der Waals surface area contributed by atoms with Crippen LogP contribution in [-0.4, -0.2) is 26.7 Å². The summed E-state index contributed by atoms with van der Waals surface area (Å²) >= 11 is 5.89. The Morgan fingerprint density at radius 2 is 2.05 bits per heavy atom. The summed E-state index contributed by atoms with van der Waals surface area (Å²) in [5, 5.41) is 9.64. The van der Waals surface area contributed by atoms with Gasteiger partial charge in [-0.2, -0.15) is 0 Å². The second-order valence-electron chi connectivity index (χ2n) is 5.62. The number of nitrogen functional groups attached to an aromatic ring is 1. The van der Waals surface area contributed by atoms with Crippen molar-refractivity contribution in [3.8, 4) is 0 Å². The van der Waals surface area contributed by atoms with E-state index in [4.69, 9.17) is 17.3 Å². The van der Waals surface area contributed by atoms with E-state index in [2.05, 4.69) is 4.72 Å². The van der Waals surface area contributed by atoms with E-state index in [-0.39, 0.29) is 29.0 Å². The number of aliphatic hydroxyl groups excluding tert-OH is 1. The minimum Gasteiger partial charge on any atom is -0.397 e. The van der Waals surface area contributed by atoms with E-state index < -0.39 is 10.0 Å². The van der Waals surface area contributed by atoms with Crippen molar-refractivity contribution in [1.29, 1.82) is 0 Å². The molecule has 0 aromatic heterocycles. The molecule has 1 aromatic carbocycles. The van der Waals surface area contributed by atoms with E-state index >= 15 is 0 Å². The van der Waals surface area contributed by atoms with Gasteiger partial charge in [-0.3, -0.25) is 0 Å². The number of benzene rings is 1. The minimum atomic E-state index is -3.62. The molecule has 1 aliphatic carbocycles. The maximum Gasteiger partial charge on any atom is 0.240 e. The van der Waals surface area contributed by atoms with Gasteiger partial charge in [0, 0.05) is 13.2 Å². The molecule has 1 aliphatic rings. The number of nitrogens with two attached hydrogens (primary N) is 1. The predicted molar refractivity (Wildman–Crippen MR) is 83.7 cm³/mol. The van der Waals surface area contributed by atoms with Gasteiger partial charge in [0.1, 0.15) is 0 Å². The van der Waals surface area contributed by atoms with Gasteiger partial charge in [-0.25, -0.2) is 13.1 Å². The van der Waals surface area contributed by atoms with E-state index in [9.17, 15) is 13.5 Å². The lowest BCUT2D eigenvalue weighted by atomic mass is 9.97. The molecular weight excluding hydrogens is 312 g/mol. The van der Waals surface area contributed by atoms with Gasteiger partial charge in [0.05, 0.1) is 15.6 Å². The summed E-state index contributed by atoms with van der Waals surface area (Å²) < 4.78 is 27.4. The van der Waals surface area contributed by atoms with Crippen LogP contribution in [0.1, 0.15) is 24.8 Å². The highest BCUT2D eigenvalue weighted by Gasteiger charge is 2.28. The monoisotopic (exact) mass is 332 g/mol. The Bertz CT molecular complexity index is 619.